The van der Waals surface area contributed by atoms with Gasteiger partial charge in [0.1, 0.15) is 5.82 Å². The molecule has 0 bridgehead atoms. The number of hydrogen-bond acceptors (Lipinski definition) is 2. The molecule has 3 amide bonds. The van der Waals surface area contributed by atoms with Crippen LogP contribution in [-0.4, -0.2) is 18.5 Å². The second kappa shape index (κ2) is 8.88. The van der Waals surface area contributed by atoms with Crippen molar-refractivity contribution in [3.05, 3.63) is 70.5 Å². The molecule has 0 aliphatic rings. The smallest absolute Gasteiger partial charge is 0.333 e. The highest BCUT2D eigenvalue weighted by Gasteiger charge is 2.05. The highest BCUT2D eigenvalue weighted by Crippen LogP contribution is 2.10. The van der Waals surface area contributed by atoms with Crippen molar-refractivity contribution in [2.24, 2.45) is 0 Å². The molecular formula is C17H17ClFN3O2. The predicted molar refractivity (Wildman–Crippen MR) is 89.9 cm³/mol. The molecule has 126 valence electrons. The molecular weight excluding hydrogens is 333 g/mol. The fraction of sp³-hybridized carbons (Fsp3) is 0.176. The van der Waals surface area contributed by atoms with Gasteiger partial charge >= 0.3 is 6.03 Å². The fourth-order valence-corrected chi connectivity index (χ4v) is 2.23. The van der Waals surface area contributed by atoms with Gasteiger partial charge in [-0.15, -0.1) is 0 Å². The van der Waals surface area contributed by atoms with Gasteiger partial charge in [0.2, 0.25) is 5.91 Å². The third kappa shape index (κ3) is 6.26. The molecule has 3 N–H and O–H groups in total. The summed E-state index contributed by atoms with van der Waals surface area (Å²) in [6, 6.07) is 12.4. The van der Waals surface area contributed by atoms with Gasteiger partial charge in [0.05, 0.1) is 6.42 Å². The standard InChI is InChI=1S/C17H17ClFN3O2/c18-14-3-1-2-12(10-14)8-9-20-17(24)22-21-16(23)11-13-4-6-15(19)7-5-13/h1-7,10H,8-9,11H2,(H,21,23)(H2,20,22,24). The van der Waals surface area contributed by atoms with Crippen LogP contribution in [0.25, 0.3) is 0 Å². The van der Waals surface area contributed by atoms with E-state index in [9.17, 15) is 14.0 Å². The van der Waals surface area contributed by atoms with Crippen LogP contribution in [-0.2, 0) is 17.6 Å². The van der Waals surface area contributed by atoms with Gasteiger partial charge in [-0.1, -0.05) is 35.9 Å². The van der Waals surface area contributed by atoms with Crippen molar-refractivity contribution >= 4 is 23.5 Å². The van der Waals surface area contributed by atoms with E-state index in [2.05, 4.69) is 16.2 Å². The monoisotopic (exact) mass is 349 g/mol. The number of amides is 3. The Morgan fingerprint density at radius 2 is 1.75 bits per heavy atom. The lowest BCUT2D eigenvalue weighted by Crippen LogP contribution is -2.47. The van der Waals surface area contributed by atoms with Crippen LogP contribution in [0.2, 0.25) is 5.02 Å². The van der Waals surface area contributed by atoms with Gasteiger partial charge in [-0.25, -0.2) is 14.6 Å². The van der Waals surface area contributed by atoms with Gasteiger partial charge in [-0.2, -0.15) is 0 Å². The third-order valence-electron chi connectivity index (χ3n) is 3.18. The lowest BCUT2D eigenvalue weighted by Gasteiger charge is -2.09. The molecule has 7 heteroatoms. The summed E-state index contributed by atoms with van der Waals surface area (Å²) in [4.78, 5) is 23.3. The second-order valence-electron chi connectivity index (χ2n) is 5.11. The molecule has 2 rings (SSSR count). The number of halogens is 2. The molecule has 0 saturated carbocycles. The van der Waals surface area contributed by atoms with Crippen molar-refractivity contribution in [2.45, 2.75) is 12.8 Å². The van der Waals surface area contributed by atoms with Crippen molar-refractivity contribution in [1.82, 2.24) is 16.2 Å². The van der Waals surface area contributed by atoms with Crippen LogP contribution in [0.5, 0.6) is 0 Å². The first-order chi connectivity index (χ1) is 11.5. The number of hydrogen-bond donors (Lipinski definition) is 3. The van der Waals surface area contributed by atoms with Crippen LogP contribution in [0, 0.1) is 5.82 Å². The van der Waals surface area contributed by atoms with Gasteiger partial charge in [-0.05, 0) is 41.8 Å². The molecule has 0 radical (unpaired) electrons. The molecule has 0 aliphatic heterocycles. The zero-order valence-corrected chi connectivity index (χ0v) is 13.6. The summed E-state index contributed by atoms with van der Waals surface area (Å²) in [6.07, 6.45) is 0.667. The molecule has 2 aromatic rings. The van der Waals surface area contributed by atoms with Crippen LogP contribution in [0.4, 0.5) is 9.18 Å². The normalized spacial score (nSPS) is 10.1. The average molecular weight is 350 g/mol. The molecule has 0 fully saturated rings. The first kappa shape index (κ1) is 17.7. The van der Waals surface area contributed by atoms with Crippen molar-refractivity contribution in [3.63, 3.8) is 0 Å². The fourth-order valence-electron chi connectivity index (χ4n) is 2.02. The lowest BCUT2D eigenvalue weighted by molar-refractivity contribution is -0.121. The van der Waals surface area contributed by atoms with Crippen molar-refractivity contribution in [1.29, 1.82) is 0 Å². The number of carbonyl (C=O) groups is 2. The van der Waals surface area contributed by atoms with Crippen molar-refractivity contribution < 1.29 is 14.0 Å². The van der Waals surface area contributed by atoms with Crippen LogP contribution in [0.1, 0.15) is 11.1 Å². The zero-order chi connectivity index (χ0) is 17.4. The Morgan fingerprint density at radius 1 is 1.00 bits per heavy atom. The maximum Gasteiger partial charge on any atom is 0.333 e. The molecule has 2 aromatic carbocycles. The number of hydrazine groups is 1. The van der Waals surface area contributed by atoms with E-state index in [0.29, 0.717) is 23.6 Å². The van der Waals surface area contributed by atoms with Crippen LogP contribution >= 0.6 is 11.6 Å². The highest BCUT2D eigenvalue weighted by atomic mass is 35.5. The average Bonchev–Trinajstić information content (AvgIpc) is 2.55. The number of benzene rings is 2. The maximum atomic E-state index is 12.8. The minimum atomic E-state index is -0.510. The first-order valence-electron chi connectivity index (χ1n) is 7.34. The number of carbonyl (C=O) groups excluding carboxylic acids is 2. The molecule has 5 nitrogen and oxygen atoms in total. The zero-order valence-electron chi connectivity index (χ0n) is 12.8. The molecule has 0 spiro atoms. The molecule has 24 heavy (non-hydrogen) atoms. The Labute approximate surface area is 144 Å². The van der Waals surface area contributed by atoms with Crippen molar-refractivity contribution in [2.75, 3.05) is 6.54 Å². The second-order valence-corrected chi connectivity index (χ2v) is 5.55. The molecule has 0 saturated heterocycles. The van der Waals surface area contributed by atoms with E-state index < -0.39 is 11.9 Å². The largest absolute Gasteiger partial charge is 0.336 e. The highest BCUT2D eigenvalue weighted by molar-refractivity contribution is 6.30. The first-order valence-corrected chi connectivity index (χ1v) is 7.72. The van der Waals surface area contributed by atoms with Gasteiger partial charge < -0.3 is 5.32 Å². The Morgan fingerprint density at radius 3 is 2.46 bits per heavy atom. The molecule has 0 aliphatic carbocycles. The minimum absolute atomic E-state index is 0.0447. The lowest BCUT2D eigenvalue weighted by atomic mass is 10.1. The van der Waals surface area contributed by atoms with E-state index in [1.807, 2.05) is 18.2 Å². The van der Waals surface area contributed by atoms with E-state index in [0.717, 1.165) is 5.56 Å². The van der Waals surface area contributed by atoms with E-state index in [1.54, 1.807) is 6.07 Å². The molecule has 0 aromatic heterocycles. The Kier molecular flexibility index (Phi) is 6.57. The van der Waals surface area contributed by atoms with Gasteiger partial charge in [0, 0.05) is 11.6 Å². The summed E-state index contributed by atoms with van der Waals surface area (Å²) >= 11 is 5.88. The van der Waals surface area contributed by atoms with Gasteiger partial charge in [0.15, 0.2) is 0 Å². The predicted octanol–water partition coefficient (Wildman–Crippen LogP) is 2.59. The maximum absolute atomic E-state index is 12.8. The number of rotatable bonds is 5. The van der Waals surface area contributed by atoms with Crippen LogP contribution < -0.4 is 16.2 Å². The summed E-state index contributed by atoms with van der Waals surface area (Å²) in [6.45, 7) is 0.403. The van der Waals surface area contributed by atoms with Crippen LogP contribution in [0.3, 0.4) is 0 Å². The minimum Gasteiger partial charge on any atom is -0.336 e. The SMILES string of the molecule is O=C(Cc1ccc(F)cc1)NNC(=O)NCCc1cccc(Cl)c1. The van der Waals surface area contributed by atoms with E-state index in [4.69, 9.17) is 11.6 Å². The number of urea groups is 1. The Balaban J connectivity index is 1.65. The Hall–Kier alpha value is -2.60. The van der Waals surface area contributed by atoms with E-state index >= 15 is 0 Å². The molecule has 0 unspecified atom stereocenters. The summed E-state index contributed by atoms with van der Waals surface area (Å²) in [7, 11) is 0. The van der Waals surface area contributed by atoms with Gasteiger partial charge in [0.25, 0.3) is 0 Å². The summed E-state index contributed by atoms with van der Waals surface area (Å²) in [5.41, 5.74) is 6.20. The van der Waals surface area contributed by atoms with Crippen molar-refractivity contribution in [3.8, 4) is 0 Å². The topological polar surface area (TPSA) is 70.2 Å². The number of nitrogens with one attached hydrogen (secondary N) is 3. The van der Waals surface area contributed by atoms with E-state index in [1.165, 1.54) is 24.3 Å². The summed E-state index contributed by atoms with van der Waals surface area (Å²) < 4.78 is 12.8. The van der Waals surface area contributed by atoms with Gasteiger partial charge in [-0.3, -0.25) is 10.2 Å². The van der Waals surface area contributed by atoms with E-state index in [-0.39, 0.29) is 12.2 Å². The Bertz CT molecular complexity index is 707. The molecule has 0 heterocycles. The summed E-state index contributed by atoms with van der Waals surface area (Å²) in [5, 5.41) is 3.26. The van der Waals surface area contributed by atoms with Crippen LogP contribution in [0.15, 0.2) is 48.5 Å². The molecule has 0 atom stereocenters. The quantitative estimate of drug-likeness (QED) is 0.726. The summed E-state index contributed by atoms with van der Waals surface area (Å²) in [5.74, 6) is -0.761. The third-order valence-corrected chi connectivity index (χ3v) is 3.42.